The number of aromatic carboxylic acids is 1. The Morgan fingerprint density at radius 2 is 1.91 bits per heavy atom. The van der Waals surface area contributed by atoms with E-state index in [9.17, 15) is 9.90 Å². The van der Waals surface area contributed by atoms with Crippen LogP contribution in [0.5, 0.6) is 0 Å². The van der Waals surface area contributed by atoms with Crippen LogP contribution in [0.3, 0.4) is 0 Å². The summed E-state index contributed by atoms with van der Waals surface area (Å²) >= 11 is 6.30. The quantitative estimate of drug-likeness (QED) is 0.295. The van der Waals surface area contributed by atoms with E-state index in [1.54, 1.807) is 6.20 Å². The standard InChI is InChI=1S/C26H22ClN3O2/c1-16-6-2-3-7-18(16)19-8-4-9-20-21(23(26(31)32)29-22(19)20)10-5-14-30-15-12-17-11-13-28-25(27)24(17)30/h2-4,6-9,11-13,15,29H,5,10,14H2,1H3,(H,31,32). The average molecular weight is 444 g/mol. The molecule has 0 radical (unpaired) electrons. The van der Waals surface area contributed by atoms with Crippen LogP contribution in [0.2, 0.25) is 5.15 Å². The van der Waals surface area contributed by atoms with E-state index in [1.165, 1.54) is 0 Å². The first-order chi connectivity index (χ1) is 15.5. The van der Waals surface area contributed by atoms with Crippen LogP contribution < -0.4 is 0 Å². The fraction of sp³-hybridized carbons (Fsp3) is 0.154. The van der Waals surface area contributed by atoms with Gasteiger partial charge < -0.3 is 14.7 Å². The minimum absolute atomic E-state index is 0.262. The van der Waals surface area contributed by atoms with Crippen molar-refractivity contribution in [2.45, 2.75) is 26.3 Å². The number of pyridine rings is 1. The van der Waals surface area contributed by atoms with E-state index in [-0.39, 0.29) is 5.69 Å². The molecule has 160 valence electrons. The number of aromatic amines is 1. The summed E-state index contributed by atoms with van der Waals surface area (Å²) in [6.45, 7) is 2.79. The van der Waals surface area contributed by atoms with E-state index in [1.807, 2.05) is 48.7 Å². The molecule has 0 fully saturated rings. The lowest BCUT2D eigenvalue weighted by molar-refractivity contribution is 0.0690. The fourth-order valence-electron chi connectivity index (χ4n) is 4.53. The summed E-state index contributed by atoms with van der Waals surface area (Å²) in [7, 11) is 0. The summed E-state index contributed by atoms with van der Waals surface area (Å²) in [6, 6.07) is 18.1. The molecule has 2 N–H and O–H groups in total. The van der Waals surface area contributed by atoms with E-state index in [4.69, 9.17) is 11.6 Å². The Morgan fingerprint density at radius 3 is 2.72 bits per heavy atom. The zero-order valence-corrected chi connectivity index (χ0v) is 18.4. The van der Waals surface area contributed by atoms with Crippen LogP contribution in [-0.2, 0) is 13.0 Å². The number of benzene rings is 2. The smallest absolute Gasteiger partial charge is 0.352 e. The van der Waals surface area contributed by atoms with Crippen LogP contribution in [0, 0.1) is 6.92 Å². The molecule has 5 rings (SSSR count). The van der Waals surface area contributed by atoms with E-state index in [2.05, 4.69) is 33.6 Å². The molecule has 3 aromatic heterocycles. The van der Waals surface area contributed by atoms with Gasteiger partial charge in [0.1, 0.15) is 5.69 Å². The second-order valence-electron chi connectivity index (χ2n) is 7.98. The van der Waals surface area contributed by atoms with Crippen LogP contribution in [0.25, 0.3) is 32.9 Å². The predicted octanol–water partition coefficient (Wildman–Crippen LogP) is 6.48. The first-order valence-corrected chi connectivity index (χ1v) is 10.9. The zero-order chi connectivity index (χ0) is 22.2. The number of halogens is 1. The lowest BCUT2D eigenvalue weighted by Crippen LogP contribution is -2.04. The molecule has 32 heavy (non-hydrogen) atoms. The number of hydrogen-bond donors (Lipinski definition) is 2. The van der Waals surface area contributed by atoms with Crippen LogP contribution in [-0.4, -0.2) is 25.6 Å². The summed E-state index contributed by atoms with van der Waals surface area (Å²) in [6.07, 6.45) is 5.11. The van der Waals surface area contributed by atoms with Crippen molar-refractivity contribution in [2.75, 3.05) is 0 Å². The number of rotatable bonds is 6. The monoisotopic (exact) mass is 443 g/mol. The first-order valence-electron chi connectivity index (χ1n) is 10.6. The highest BCUT2D eigenvalue weighted by atomic mass is 35.5. The summed E-state index contributed by atoms with van der Waals surface area (Å²) in [4.78, 5) is 19.4. The molecule has 0 aliphatic carbocycles. The molecule has 3 heterocycles. The van der Waals surface area contributed by atoms with Gasteiger partial charge in [-0.1, -0.05) is 54.1 Å². The van der Waals surface area contributed by atoms with Gasteiger partial charge in [-0.05, 0) is 48.6 Å². The Labute approximate surface area is 190 Å². The normalized spacial score (nSPS) is 11.4. The van der Waals surface area contributed by atoms with Crippen LogP contribution >= 0.6 is 11.6 Å². The lowest BCUT2D eigenvalue weighted by Gasteiger charge is -2.08. The number of carboxylic acid groups (broad SMARTS) is 1. The van der Waals surface area contributed by atoms with Crippen LogP contribution in [0.15, 0.2) is 67.0 Å². The maximum Gasteiger partial charge on any atom is 0.352 e. The number of nitrogens with one attached hydrogen (secondary N) is 1. The fourth-order valence-corrected chi connectivity index (χ4v) is 4.81. The highest BCUT2D eigenvalue weighted by molar-refractivity contribution is 6.33. The molecule has 0 saturated heterocycles. The van der Waals surface area contributed by atoms with Gasteiger partial charge in [-0.15, -0.1) is 0 Å². The number of fused-ring (bicyclic) bond motifs is 2. The van der Waals surface area contributed by atoms with Gasteiger partial charge in [0, 0.05) is 35.3 Å². The van der Waals surface area contributed by atoms with Crippen molar-refractivity contribution in [1.82, 2.24) is 14.5 Å². The molecular weight excluding hydrogens is 422 g/mol. The zero-order valence-electron chi connectivity index (χ0n) is 17.6. The minimum Gasteiger partial charge on any atom is -0.477 e. The van der Waals surface area contributed by atoms with Crippen molar-refractivity contribution in [2.24, 2.45) is 0 Å². The van der Waals surface area contributed by atoms with Crippen molar-refractivity contribution in [3.63, 3.8) is 0 Å². The predicted molar refractivity (Wildman–Crippen MR) is 128 cm³/mol. The van der Waals surface area contributed by atoms with Crippen molar-refractivity contribution < 1.29 is 9.90 Å². The Hall–Kier alpha value is -3.57. The third kappa shape index (κ3) is 3.45. The Bertz CT molecular complexity index is 1470. The molecule has 0 bridgehead atoms. The molecule has 0 saturated carbocycles. The third-order valence-electron chi connectivity index (χ3n) is 6.05. The molecule has 6 heteroatoms. The number of nitrogens with zero attached hydrogens (tertiary/aromatic N) is 2. The van der Waals surface area contributed by atoms with Crippen LogP contribution in [0.4, 0.5) is 0 Å². The average Bonchev–Trinajstić information content (AvgIpc) is 3.37. The van der Waals surface area contributed by atoms with Crippen molar-refractivity contribution in [3.05, 3.63) is 89.0 Å². The Morgan fingerprint density at radius 1 is 1.09 bits per heavy atom. The lowest BCUT2D eigenvalue weighted by atomic mass is 9.97. The molecule has 0 aliphatic rings. The second-order valence-corrected chi connectivity index (χ2v) is 8.34. The number of aryl methyl sites for hydroxylation is 3. The van der Waals surface area contributed by atoms with Gasteiger partial charge in [0.05, 0.1) is 11.0 Å². The topological polar surface area (TPSA) is 70.9 Å². The third-order valence-corrected chi connectivity index (χ3v) is 6.32. The van der Waals surface area contributed by atoms with E-state index < -0.39 is 5.97 Å². The number of hydrogen-bond acceptors (Lipinski definition) is 2. The van der Waals surface area contributed by atoms with Gasteiger partial charge in [0.15, 0.2) is 5.15 Å². The summed E-state index contributed by atoms with van der Waals surface area (Å²) in [5, 5.41) is 12.4. The molecule has 0 amide bonds. The van der Waals surface area contributed by atoms with E-state index >= 15 is 0 Å². The van der Waals surface area contributed by atoms with Crippen molar-refractivity contribution in [3.8, 4) is 11.1 Å². The molecule has 0 spiro atoms. The molecule has 0 unspecified atom stereocenters. The molecule has 2 aromatic carbocycles. The SMILES string of the molecule is Cc1ccccc1-c1cccc2c(CCCn3ccc4ccnc(Cl)c43)c(C(=O)O)[nH]c12. The van der Waals surface area contributed by atoms with Gasteiger partial charge in [-0.3, -0.25) is 0 Å². The molecule has 0 aliphatic heterocycles. The Kier molecular flexibility index (Phi) is 5.19. The first kappa shape index (κ1) is 20.3. The number of aromatic nitrogens is 3. The maximum atomic E-state index is 12.1. The summed E-state index contributed by atoms with van der Waals surface area (Å²) in [5.74, 6) is -0.939. The number of carboxylic acids is 1. The number of para-hydroxylation sites is 1. The van der Waals surface area contributed by atoms with E-state index in [0.717, 1.165) is 57.0 Å². The molecule has 5 nitrogen and oxygen atoms in total. The maximum absolute atomic E-state index is 12.1. The van der Waals surface area contributed by atoms with Crippen molar-refractivity contribution in [1.29, 1.82) is 0 Å². The van der Waals surface area contributed by atoms with Gasteiger partial charge in [0.25, 0.3) is 0 Å². The minimum atomic E-state index is -0.939. The molecular formula is C26H22ClN3O2. The molecule has 5 aromatic rings. The van der Waals surface area contributed by atoms with Gasteiger partial charge in [0.2, 0.25) is 0 Å². The molecule has 0 atom stereocenters. The van der Waals surface area contributed by atoms with E-state index in [0.29, 0.717) is 11.6 Å². The highest BCUT2D eigenvalue weighted by Gasteiger charge is 2.19. The van der Waals surface area contributed by atoms with Gasteiger partial charge in [-0.2, -0.15) is 0 Å². The largest absolute Gasteiger partial charge is 0.477 e. The van der Waals surface area contributed by atoms with Gasteiger partial charge in [-0.25, -0.2) is 9.78 Å². The highest BCUT2D eigenvalue weighted by Crippen LogP contribution is 2.34. The second kappa shape index (κ2) is 8.17. The summed E-state index contributed by atoms with van der Waals surface area (Å²) < 4.78 is 2.08. The summed E-state index contributed by atoms with van der Waals surface area (Å²) in [5.41, 5.74) is 6.15. The number of carbonyl (C=O) groups is 1. The van der Waals surface area contributed by atoms with Crippen molar-refractivity contribution >= 4 is 39.4 Å². The van der Waals surface area contributed by atoms with Crippen LogP contribution in [0.1, 0.15) is 28.0 Å². The number of H-pyrrole nitrogens is 1. The van der Waals surface area contributed by atoms with Gasteiger partial charge >= 0.3 is 5.97 Å². The Balaban J connectivity index is 1.51.